The summed E-state index contributed by atoms with van der Waals surface area (Å²) >= 11 is 7.46. The quantitative estimate of drug-likeness (QED) is 0.479. The first kappa shape index (κ1) is 14.2. The molecule has 0 fully saturated rings. The van der Waals surface area contributed by atoms with Crippen molar-refractivity contribution in [3.63, 3.8) is 0 Å². The molecule has 4 heteroatoms. The Morgan fingerprint density at radius 3 is 2.81 bits per heavy atom. The number of furan rings is 1. The zero-order valence-electron chi connectivity index (χ0n) is 11.4. The minimum Gasteiger partial charge on any atom is -0.453 e. The Kier molecular flexibility index (Phi) is 4.04. The van der Waals surface area contributed by atoms with E-state index in [9.17, 15) is 4.79 Å². The van der Waals surface area contributed by atoms with Gasteiger partial charge in [0.2, 0.25) is 5.78 Å². The summed E-state index contributed by atoms with van der Waals surface area (Å²) in [7, 11) is 0. The standard InChI is InChI=1S/C17H13ClO2S/c1-11-4-2-3-5-17(11)21-10-14(19)16-9-12-8-13(18)6-7-15(12)20-16/h2-9H,10H2,1H3. The molecular weight excluding hydrogens is 304 g/mol. The molecule has 3 aromatic rings. The van der Waals surface area contributed by atoms with Crippen molar-refractivity contribution in [3.05, 3.63) is 64.9 Å². The van der Waals surface area contributed by atoms with Gasteiger partial charge < -0.3 is 4.42 Å². The van der Waals surface area contributed by atoms with Crippen molar-refractivity contribution in [2.45, 2.75) is 11.8 Å². The van der Waals surface area contributed by atoms with Crippen LogP contribution in [-0.4, -0.2) is 11.5 Å². The number of hydrogen-bond acceptors (Lipinski definition) is 3. The van der Waals surface area contributed by atoms with Gasteiger partial charge in [0.15, 0.2) is 5.76 Å². The molecular formula is C17H13ClO2S. The van der Waals surface area contributed by atoms with Crippen molar-refractivity contribution < 1.29 is 9.21 Å². The van der Waals surface area contributed by atoms with E-state index in [2.05, 4.69) is 0 Å². The number of halogens is 1. The highest BCUT2D eigenvalue weighted by atomic mass is 35.5. The predicted octanol–water partition coefficient (Wildman–Crippen LogP) is 5.37. The van der Waals surface area contributed by atoms with E-state index in [1.165, 1.54) is 17.3 Å². The molecule has 0 saturated heterocycles. The van der Waals surface area contributed by atoms with Crippen LogP contribution in [0.3, 0.4) is 0 Å². The van der Waals surface area contributed by atoms with Gasteiger partial charge in [0.05, 0.1) is 5.75 Å². The maximum absolute atomic E-state index is 12.2. The molecule has 0 spiro atoms. The summed E-state index contributed by atoms with van der Waals surface area (Å²) in [5.74, 6) is 0.724. The number of aryl methyl sites for hydroxylation is 1. The number of hydrogen-bond donors (Lipinski definition) is 0. The zero-order valence-corrected chi connectivity index (χ0v) is 13.0. The third-order valence-corrected chi connectivity index (χ3v) is 4.62. The lowest BCUT2D eigenvalue weighted by atomic mass is 10.2. The first-order valence-electron chi connectivity index (χ1n) is 6.54. The van der Waals surface area contributed by atoms with Crippen molar-refractivity contribution >= 4 is 40.1 Å². The summed E-state index contributed by atoms with van der Waals surface area (Å²) in [6.45, 7) is 2.04. The molecule has 0 amide bonds. The topological polar surface area (TPSA) is 30.2 Å². The SMILES string of the molecule is Cc1ccccc1SCC(=O)c1cc2cc(Cl)ccc2o1. The number of rotatable bonds is 4. The average Bonchev–Trinajstić information content (AvgIpc) is 2.89. The third-order valence-electron chi connectivity index (χ3n) is 3.21. The van der Waals surface area contributed by atoms with Crippen molar-refractivity contribution in [1.82, 2.24) is 0 Å². The van der Waals surface area contributed by atoms with Crippen molar-refractivity contribution in [3.8, 4) is 0 Å². The lowest BCUT2D eigenvalue weighted by Crippen LogP contribution is -2.00. The van der Waals surface area contributed by atoms with E-state index in [0.29, 0.717) is 22.1 Å². The van der Waals surface area contributed by atoms with Crippen LogP contribution in [0.4, 0.5) is 0 Å². The third kappa shape index (κ3) is 3.14. The van der Waals surface area contributed by atoms with Crippen molar-refractivity contribution in [2.75, 3.05) is 5.75 Å². The Morgan fingerprint density at radius 1 is 1.19 bits per heavy atom. The number of Topliss-reactive ketones (excluding diaryl/α,β-unsaturated/α-hetero) is 1. The van der Waals surface area contributed by atoms with Crippen LogP contribution in [0.25, 0.3) is 11.0 Å². The van der Waals surface area contributed by atoms with E-state index in [1.807, 2.05) is 31.2 Å². The molecule has 0 saturated carbocycles. The molecule has 0 aliphatic rings. The first-order chi connectivity index (χ1) is 10.1. The fourth-order valence-corrected chi connectivity index (χ4v) is 3.16. The fraction of sp³-hybridized carbons (Fsp3) is 0.118. The van der Waals surface area contributed by atoms with Gasteiger partial charge in [0, 0.05) is 15.3 Å². The summed E-state index contributed by atoms with van der Waals surface area (Å²) < 4.78 is 5.58. The van der Waals surface area contributed by atoms with Gasteiger partial charge in [-0.2, -0.15) is 0 Å². The first-order valence-corrected chi connectivity index (χ1v) is 7.90. The predicted molar refractivity (Wildman–Crippen MR) is 87.5 cm³/mol. The van der Waals surface area contributed by atoms with E-state index in [0.717, 1.165) is 10.3 Å². The lowest BCUT2D eigenvalue weighted by Gasteiger charge is -2.03. The van der Waals surface area contributed by atoms with Gasteiger partial charge >= 0.3 is 0 Å². The number of carbonyl (C=O) groups is 1. The van der Waals surface area contributed by atoms with Gasteiger partial charge in [-0.05, 0) is 42.8 Å². The Balaban J connectivity index is 1.76. The van der Waals surface area contributed by atoms with E-state index >= 15 is 0 Å². The van der Waals surface area contributed by atoms with Crippen molar-refractivity contribution in [2.24, 2.45) is 0 Å². The summed E-state index contributed by atoms with van der Waals surface area (Å²) in [6.07, 6.45) is 0. The minimum absolute atomic E-state index is 0.0180. The smallest absolute Gasteiger partial charge is 0.208 e. The monoisotopic (exact) mass is 316 g/mol. The lowest BCUT2D eigenvalue weighted by molar-refractivity contribution is 0.0994. The van der Waals surface area contributed by atoms with Gasteiger partial charge in [-0.3, -0.25) is 4.79 Å². The van der Waals surface area contributed by atoms with Gasteiger partial charge in [-0.15, -0.1) is 11.8 Å². The van der Waals surface area contributed by atoms with E-state index in [-0.39, 0.29) is 5.78 Å². The van der Waals surface area contributed by atoms with Crippen LogP contribution in [0.1, 0.15) is 16.1 Å². The Labute approximate surface area is 132 Å². The van der Waals surface area contributed by atoms with Gasteiger partial charge in [-0.1, -0.05) is 29.8 Å². The maximum Gasteiger partial charge on any atom is 0.208 e. The highest BCUT2D eigenvalue weighted by Gasteiger charge is 2.13. The molecule has 0 bridgehead atoms. The number of fused-ring (bicyclic) bond motifs is 1. The van der Waals surface area contributed by atoms with Gasteiger partial charge in [0.1, 0.15) is 5.58 Å². The summed E-state index contributed by atoms with van der Waals surface area (Å²) in [6, 6.07) is 15.1. The molecule has 0 aliphatic carbocycles. The van der Waals surface area contributed by atoms with Crippen LogP contribution in [0.15, 0.2) is 57.8 Å². The summed E-state index contributed by atoms with van der Waals surface area (Å²) in [4.78, 5) is 13.4. The second-order valence-electron chi connectivity index (χ2n) is 4.77. The Hall–Kier alpha value is -1.71. The second-order valence-corrected chi connectivity index (χ2v) is 6.22. The molecule has 0 radical (unpaired) electrons. The Bertz CT molecular complexity index is 807. The van der Waals surface area contributed by atoms with E-state index < -0.39 is 0 Å². The Morgan fingerprint density at radius 2 is 2.00 bits per heavy atom. The molecule has 1 heterocycles. The molecule has 3 rings (SSSR count). The molecule has 2 nitrogen and oxygen atoms in total. The minimum atomic E-state index is -0.0180. The number of carbonyl (C=O) groups excluding carboxylic acids is 1. The molecule has 106 valence electrons. The van der Waals surface area contributed by atoms with Crippen LogP contribution in [0.5, 0.6) is 0 Å². The van der Waals surface area contributed by atoms with Crippen LogP contribution in [-0.2, 0) is 0 Å². The molecule has 0 unspecified atom stereocenters. The molecule has 21 heavy (non-hydrogen) atoms. The summed E-state index contributed by atoms with van der Waals surface area (Å²) in [5, 5.41) is 1.49. The highest BCUT2D eigenvalue weighted by Crippen LogP contribution is 2.26. The van der Waals surface area contributed by atoms with Crippen LogP contribution in [0, 0.1) is 6.92 Å². The highest BCUT2D eigenvalue weighted by molar-refractivity contribution is 8.00. The zero-order chi connectivity index (χ0) is 14.8. The maximum atomic E-state index is 12.2. The normalized spacial score (nSPS) is 11.0. The molecule has 1 aromatic heterocycles. The van der Waals surface area contributed by atoms with Gasteiger partial charge in [-0.25, -0.2) is 0 Å². The van der Waals surface area contributed by atoms with Crippen LogP contribution >= 0.6 is 23.4 Å². The molecule has 0 N–H and O–H groups in total. The number of thioether (sulfide) groups is 1. The van der Waals surface area contributed by atoms with Crippen LogP contribution in [0.2, 0.25) is 5.02 Å². The largest absolute Gasteiger partial charge is 0.453 e. The second kappa shape index (κ2) is 5.96. The molecule has 0 aliphatic heterocycles. The summed E-state index contributed by atoms with van der Waals surface area (Å²) in [5.41, 5.74) is 1.86. The molecule has 0 atom stereocenters. The van der Waals surface area contributed by atoms with E-state index in [1.54, 1.807) is 24.3 Å². The number of ketones is 1. The average molecular weight is 317 g/mol. The fourth-order valence-electron chi connectivity index (χ4n) is 2.08. The van der Waals surface area contributed by atoms with Crippen molar-refractivity contribution in [1.29, 1.82) is 0 Å². The van der Waals surface area contributed by atoms with E-state index in [4.69, 9.17) is 16.0 Å². The van der Waals surface area contributed by atoms with Gasteiger partial charge in [0.25, 0.3) is 0 Å². The number of benzene rings is 2. The molecule has 2 aromatic carbocycles. The van der Waals surface area contributed by atoms with Crippen LogP contribution < -0.4 is 0 Å².